The van der Waals surface area contributed by atoms with Crippen LogP contribution in [0.1, 0.15) is 39.2 Å². The zero-order chi connectivity index (χ0) is 30.4. The largest absolute Gasteiger partial charge is 0.490 e. The van der Waals surface area contributed by atoms with E-state index in [0.29, 0.717) is 27.9 Å². The summed E-state index contributed by atoms with van der Waals surface area (Å²) in [6, 6.07) is 6.29. The van der Waals surface area contributed by atoms with Crippen LogP contribution in [0.2, 0.25) is 5.02 Å². The minimum absolute atomic E-state index is 0.0702. The summed E-state index contributed by atoms with van der Waals surface area (Å²) in [7, 11) is -2.80. The second-order valence-electron chi connectivity index (χ2n) is 10.2. The molecule has 1 fully saturated rings. The van der Waals surface area contributed by atoms with Crippen molar-refractivity contribution < 1.29 is 36.2 Å². The number of nitrogens with two attached hydrogens (primary N) is 1. The number of carboxylic acids is 1. The molecule has 2 aliphatic rings. The van der Waals surface area contributed by atoms with E-state index in [2.05, 4.69) is 24.5 Å². The van der Waals surface area contributed by atoms with Gasteiger partial charge in [-0.1, -0.05) is 16.8 Å². The molecule has 1 aliphatic heterocycles. The minimum atomic E-state index is -5.08. The van der Waals surface area contributed by atoms with Crippen molar-refractivity contribution >= 4 is 33.1 Å². The van der Waals surface area contributed by atoms with Gasteiger partial charge >= 0.3 is 12.1 Å². The van der Waals surface area contributed by atoms with Gasteiger partial charge in [0.2, 0.25) is 0 Å². The first-order valence-electron chi connectivity index (χ1n) is 12.1. The smallest absolute Gasteiger partial charge is 0.475 e. The van der Waals surface area contributed by atoms with E-state index in [-0.39, 0.29) is 23.2 Å². The molecule has 0 bridgehead atoms. The Balaban J connectivity index is 0.000000493. The van der Waals surface area contributed by atoms with E-state index in [1.165, 1.54) is 18.5 Å². The van der Waals surface area contributed by atoms with Crippen LogP contribution in [0, 0.1) is 5.82 Å². The summed E-state index contributed by atoms with van der Waals surface area (Å²) in [5.41, 5.74) is 6.41. The highest BCUT2D eigenvalue weighted by Crippen LogP contribution is 2.42. The number of nitrogens with zero attached hydrogens (tertiary/aromatic N) is 5. The Morgan fingerprint density at radius 1 is 1.20 bits per heavy atom. The molecule has 3 N–H and O–H groups in total. The molecule has 1 aliphatic carbocycles. The molecule has 1 saturated carbocycles. The number of hydrogen-bond acceptors (Lipinski definition) is 9. The van der Waals surface area contributed by atoms with Crippen molar-refractivity contribution in [2.75, 3.05) is 5.75 Å². The second kappa shape index (κ2) is 10.7. The van der Waals surface area contributed by atoms with E-state index in [4.69, 9.17) is 31.8 Å². The molecule has 16 heteroatoms. The Morgan fingerprint density at radius 3 is 2.37 bits per heavy atom. The lowest BCUT2D eigenvalue weighted by Gasteiger charge is -2.40. The van der Waals surface area contributed by atoms with Gasteiger partial charge in [-0.25, -0.2) is 27.7 Å². The lowest BCUT2D eigenvalue weighted by molar-refractivity contribution is -0.192. The van der Waals surface area contributed by atoms with Crippen LogP contribution in [0.25, 0.3) is 22.8 Å². The van der Waals surface area contributed by atoms with Crippen LogP contribution < -0.4 is 5.73 Å². The summed E-state index contributed by atoms with van der Waals surface area (Å²) in [6.07, 6.45) is -0.329. The fourth-order valence-electron chi connectivity index (χ4n) is 3.94. The molecule has 5 rings (SSSR count). The third-order valence-electron chi connectivity index (χ3n) is 6.56. The maximum Gasteiger partial charge on any atom is 0.490 e. The quantitative estimate of drug-likeness (QED) is 0.378. The lowest BCUT2D eigenvalue weighted by Crippen LogP contribution is -2.55. The van der Waals surface area contributed by atoms with Crippen molar-refractivity contribution in [3.63, 3.8) is 0 Å². The van der Waals surface area contributed by atoms with E-state index >= 15 is 4.39 Å². The van der Waals surface area contributed by atoms with Gasteiger partial charge in [0.1, 0.15) is 21.9 Å². The number of carbonyl (C=O) groups is 1. The van der Waals surface area contributed by atoms with Gasteiger partial charge in [-0.15, -0.1) is 0 Å². The van der Waals surface area contributed by atoms with Crippen LogP contribution in [0.4, 0.5) is 17.6 Å². The zero-order valence-electron chi connectivity index (χ0n) is 21.9. The molecule has 0 saturated heterocycles. The Labute approximate surface area is 237 Å². The number of aliphatic carboxylic acids is 1. The Kier molecular flexibility index (Phi) is 7.90. The molecular weight excluding hydrogens is 592 g/mol. The maximum absolute atomic E-state index is 15.2. The molecule has 3 heterocycles. The first-order chi connectivity index (χ1) is 18.9. The molecule has 1 aromatic carbocycles. The van der Waals surface area contributed by atoms with Crippen molar-refractivity contribution in [3.05, 3.63) is 53.1 Å². The topological polar surface area (TPSA) is 157 Å². The molecule has 2 aromatic heterocycles. The minimum Gasteiger partial charge on any atom is -0.475 e. The second-order valence-corrected chi connectivity index (χ2v) is 13.4. The fraction of sp³-hybridized carbons (Fsp3) is 0.400. The number of alkyl halides is 3. The molecule has 41 heavy (non-hydrogen) atoms. The molecular formula is C25H25ClF4N6O4S. The number of aromatic nitrogens is 3. The highest BCUT2D eigenvalue weighted by atomic mass is 35.5. The summed E-state index contributed by atoms with van der Waals surface area (Å²) in [5, 5.41) is 11.6. The lowest BCUT2D eigenvalue weighted by atomic mass is 9.91. The van der Waals surface area contributed by atoms with E-state index < -0.39 is 38.0 Å². The predicted molar refractivity (Wildman–Crippen MR) is 143 cm³/mol. The summed E-state index contributed by atoms with van der Waals surface area (Å²) in [5.74, 6) is -2.20. The van der Waals surface area contributed by atoms with E-state index in [1.807, 2.05) is 0 Å². The molecule has 2 atom stereocenters. The van der Waals surface area contributed by atoms with Crippen molar-refractivity contribution in [2.24, 2.45) is 15.1 Å². The van der Waals surface area contributed by atoms with Crippen molar-refractivity contribution in [1.29, 1.82) is 0 Å². The molecule has 0 amide bonds. The van der Waals surface area contributed by atoms with Gasteiger partial charge in [-0.3, -0.25) is 4.99 Å². The number of benzene rings is 1. The van der Waals surface area contributed by atoms with Crippen LogP contribution in [-0.2, 0) is 20.1 Å². The Bertz CT molecular complexity index is 1630. The summed E-state index contributed by atoms with van der Waals surface area (Å²) >= 11 is 5.85. The first kappa shape index (κ1) is 30.4. The highest BCUT2D eigenvalue weighted by molar-refractivity contribution is 7.95. The van der Waals surface area contributed by atoms with Crippen molar-refractivity contribution in [2.45, 2.75) is 56.1 Å². The monoisotopic (exact) mass is 616 g/mol. The Morgan fingerprint density at radius 2 is 1.80 bits per heavy atom. The first-order valence-corrected chi connectivity index (χ1v) is 14.2. The van der Waals surface area contributed by atoms with Gasteiger partial charge in [-0.05, 0) is 51.8 Å². The number of hydrogen-bond donors (Lipinski definition) is 2. The van der Waals surface area contributed by atoms with Gasteiger partial charge in [0.25, 0.3) is 0 Å². The number of carboxylic acid groups (broad SMARTS) is 1. The SMILES string of the molecule is CC1(C)C(N)=N[C@](C)(c2cc(-c3cc(-c4ncc(Cl)cn4)no3)ccc2F)CS1(=O)=NC1CC1.O=C(O)C(F)(F)F. The van der Waals surface area contributed by atoms with E-state index in [0.717, 1.165) is 12.8 Å². The number of halogens is 5. The third kappa shape index (κ3) is 6.35. The predicted octanol–water partition coefficient (Wildman–Crippen LogP) is 5.22. The van der Waals surface area contributed by atoms with Gasteiger partial charge in [0.05, 0.1) is 26.5 Å². The van der Waals surface area contributed by atoms with Crippen LogP contribution in [0.15, 0.2) is 50.5 Å². The van der Waals surface area contributed by atoms with Gasteiger partial charge < -0.3 is 15.4 Å². The fourth-order valence-corrected chi connectivity index (χ4v) is 6.78. The van der Waals surface area contributed by atoms with E-state index in [9.17, 15) is 17.4 Å². The molecule has 10 nitrogen and oxygen atoms in total. The van der Waals surface area contributed by atoms with E-state index in [1.54, 1.807) is 39.0 Å². The number of rotatable bonds is 4. The summed E-state index contributed by atoms with van der Waals surface area (Å²) in [6.45, 7) is 5.33. The summed E-state index contributed by atoms with van der Waals surface area (Å²) < 4.78 is 70.2. The molecule has 3 aromatic rings. The van der Waals surface area contributed by atoms with Crippen molar-refractivity contribution in [1.82, 2.24) is 15.1 Å². The maximum atomic E-state index is 15.2. The normalized spacial score (nSPS) is 23.7. The van der Waals surface area contributed by atoms with Gasteiger partial charge in [-0.2, -0.15) is 13.2 Å². The van der Waals surface area contributed by atoms with Crippen molar-refractivity contribution in [3.8, 4) is 22.8 Å². The van der Waals surface area contributed by atoms with Gasteiger partial charge in [0.15, 0.2) is 17.3 Å². The average Bonchev–Trinajstić information content (AvgIpc) is 3.54. The van der Waals surface area contributed by atoms with Gasteiger partial charge in [0, 0.05) is 29.6 Å². The van der Waals surface area contributed by atoms with Crippen LogP contribution >= 0.6 is 11.6 Å². The standard InChI is InChI=1S/C23H24ClFN6O2S.C2HF3O2/c1-22(2)21(26)29-23(3,12-34(22,32)31-15-5-6-15)16-8-13(4-7-17(16)25)19-9-18(30-33-19)20-27-10-14(24)11-28-20;3-2(4,5)1(6)7/h4,7-11,15H,5-6,12H2,1-3H3,(H2,26,29);(H,6,7)/t23-,34?;/m0./s1. The third-order valence-corrected chi connectivity index (χ3v) is 10.1. The number of aliphatic imine (C=N–C) groups is 1. The average molecular weight is 617 g/mol. The number of amidine groups is 1. The molecule has 0 spiro atoms. The molecule has 0 radical (unpaired) electrons. The highest BCUT2D eigenvalue weighted by Gasteiger charge is 2.49. The van der Waals surface area contributed by atoms with Crippen LogP contribution in [-0.4, -0.2) is 59.0 Å². The van der Waals surface area contributed by atoms with Crippen LogP contribution in [0.5, 0.6) is 0 Å². The Hall–Kier alpha value is -3.59. The van der Waals surface area contributed by atoms with Crippen LogP contribution in [0.3, 0.4) is 0 Å². The molecule has 1 unspecified atom stereocenters. The molecule has 220 valence electrons. The summed E-state index contributed by atoms with van der Waals surface area (Å²) in [4.78, 5) is 21.8. The zero-order valence-corrected chi connectivity index (χ0v) is 23.5.